The van der Waals surface area contributed by atoms with Gasteiger partial charge in [-0.15, -0.1) is 0 Å². The highest BCUT2D eigenvalue weighted by molar-refractivity contribution is 6.37. The number of hydrogen-bond donors (Lipinski definition) is 3. The number of nitrogens with one attached hydrogen (secondary N) is 2. The molecule has 13 heteroatoms. The van der Waals surface area contributed by atoms with Crippen molar-refractivity contribution >= 4 is 29.6 Å². The minimum atomic E-state index is -4.82. The predicted molar refractivity (Wildman–Crippen MR) is 144 cm³/mol. The average Bonchev–Trinajstić information content (AvgIpc) is 3.20. The van der Waals surface area contributed by atoms with Gasteiger partial charge in [0.25, 0.3) is 5.91 Å². The van der Waals surface area contributed by atoms with Crippen LogP contribution in [0.25, 0.3) is 0 Å². The van der Waals surface area contributed by atoms with Crippen LogP contribution in [0.1, 0.15) is 85.5 Å². The SMILES string of the molecule is CC1(C)[C@@H]2[C@@H](C(=O)NC(CC3CCC3)C(=O)C(N)=O)N(C(=O)[C@@H](NC(=O)OC(C)(C)C(F)(F)F)C3CCCCC3)C[C@@H]21. The maximum Gasteiger partial charge on any atom is 0.427 e. The van der Waals surface area contributed by atoms with Crippen LogP contribution in [0, 0.1) is 29.1 Å². The first kappa shape index (κ1) is 32.1. The summed E-state index contributed by atoms with van der Waals surface area (Å²) < 4.78 is 44.9. The molecular weight excluding hydrogens is 557 g/mol. The number of fused-ring (bicyclic) bond motifs is 1. The van der Waals surface area contributed by atoms with Gasteiger partial charge in [0.15, 0.2) is 0 Å². The molecule has 0 bridgehead atoms. The number of nitrogens with zero attached hydrogens (tertiary/aromatic N) is 1. The minimum Gasteiger partial charge on any atom is -0.434 e. The number of carbonyl (C=O) groups excluding carboxylic acids is 5. The molecule has 1 aliphatic heterocycles. The molecule has 42 heavy (non-hydrogen) atoms. The van der Waals surface area contributed by atoms with Crippen molar-refractivity contribution in [1.29, 1.82) is 0 Å². The molecule has 3 saturated carbocycles. The molecule has 1 saturated heterocycles. The standard InChI is InChI=1S/C29H43F3N4O6/c1-27(2)17-14-36(21(19(17)27)24(39)34-18(22(37)23(33)38)13-15-9-8-10-15)25(40)20(16-11-6-5-7-12-16)35-26(41)42-28(3,4)29(30,31)32/h15-21H,5-14H2,1-4H3,(H2,33,38)(H,34,39)(H,35,41)/t17-,18?,19-,20-,21-/m0/s1. The van der Waals surface area contributed by atoms with Crippen molar-refractivity contribution in [3.8, 4) is 0 Å². The number of primary amides is 1. The molecule has 5 atom stereocenters. The molecule has 4 aliphatic rings. The Morgan fingerprint density at radius 1 is 0.976 bits per heavy atom. The largest absolute Gasteiger partial charge is 0.434 e. The third-order valence-electron chi connectivity index (χ3n) is 10.1. The van der Waals surface area contributed by atoms with Crippen molar-refractivity contribution < 1.29 is 41.9 Å². The maximum absolute atomic E-state index is 14.1. The summed E-state index contributed by atoms with van der Waals surface area (Å²) in [4.78, 5) is 66.4. The highest BCUT2D eigenvalue weighted by atomic mass is 19.4. The van der Waals surface area contributed by atoms with Gasteiger partial charge in [-0.25, -0.2) is 4.79 Å². The molecule has 0 aromatic carbocycles. The topological polar surface area (TPSA) is 148 Å². The number of hydrogen-bond acceptors (Lipinski definition) is 6. The van der Waals surface area contributed by atoms with Crippen molar-refractivity contribution in [2.45, 2.75) is 115 Å². The van der Waals surface area contributed by atoms with Crippen molar-refractivity contribution in [3.63, 3.8) is 0 Å². The number of nitrogens with two attached hydrogens (primary N) is 1. The van der Waals surface area contributed by atoms with Crippen LogP contribution in [0.15, 0.2) is 0 Å². The molecule has 3 aliphatic carbocycles. The number of halogens is 3. The summed E-state index contributed by atoms with van der Waals surface area (Å²) in [6.45, 7) is 5.65. The Morgan fingerprint density at radius 3 is 2.12 bits per heavy atom. The van der Waals surface area contributed by atoms with Gasteiger partial charge in [0.2, 0.25) is 23.2 Å². The quantitative estimate of drug-likeness (QED) is 0.328. The smallest absolute Gasteiger partial charge is 0.427 e. The second-order valence-corrected chi connectivity index (χ2v) is 13.6. The fraction of sp³-hybridized carbons (Fsp3) is 0.828. The molecule has 0 aromatic rings. The lowest BCUT2D eigenvalue weighted by molar-refractivity contribution is -0.244. The summed E-state index contributed by atoms with van der Waals surface area (Å²) in [5.74, 6) is -3.59. The van der Waals surface area contributed by atoms with Crippen molar-refractivity contribution in [2.75, 3.05) is 6.54 Å². The minimum absolute atomic E-state index is 0.0164. The molecule has 4 rings (SSSR count). The van der Waals surface area contributed by atoms with E-state index in [-0.39, 0.29) is 42.1 Å². The van der Waals surface area contributed by atoms with E-state index in [0.29, 0.717) is 12.8 Å². The first-order valence-corrected chi connectivity index (χ1v) is 15.0. The molecule has 1 heterocycles. The summed E-state index contributed by atoms with van der Waals surface area (Å²) >= 11 is 0. The zero-order valence-corrected chi connectivity index (χ0v) is 24.7. The van der Waals surface area contributed by atoms with Crippen LogP contribution < -0.4 is 16.4 Å². The number of amides is 4. The van der Waals surface area contributed by atoms with Crippen LogP contribution in [0.2, 0.25) is 0 Å². The summed E-state index contributed by atoms with van der Waals surface area (Å²) in [6.07, 6.45) is 0.525. The summed E-state index contributed by atoms with van der Waals surface area (Å²) in [5.41, 5.74) is 2.23. The van der Waals surface area contributed by atoms with Crippen molar-refractivity contribution in [3.05, 3.63) is 0 Å². The molecule has 1 unspecified atom stereocenters. The van der Waals surface area contributed by atoms with Gasteiger partial charge >= 0.3 is 12.3 Å². The Balaban J connectivity index is 1.56. The van der Waals surface area contributed by atoms with Crippen molar-refractivity contribution in [1.82, 2.24) is 15.5 Å². The van der Waals surface area contributed by atoms with Crippen LogP contribution in [-0.2, 0) is 23.9 Å². The van der Waals surface area contributed by atoms with Crippen LogP contribution in [0.5, 0.6) is 0 Å². The van der Waals surface area contributed by atoms with Gasteiger partial charge in [-0.1, -0.05) is 52.4 Å². The molecule has 0 spiro atoms. The second kappa shape index (κ2) is 11.7. The number of Topliss-reactive ketones (excluding diaryl/α,β-unsaturated/α-hetero) is 1. The number of rotatable bonds is 10. The fourth-order valence-corrected chi connectivity index (χ4v) is 7.01. The van der Waals surface area contributed by atoms with Gasteiger partial charge in [-0.2, -0.15) is 13.2 Å². The normalized spacial score (nSPS) is 27.2. The Morgan fingerprint density at radius 2 is 1.60 bits per heavy atom. The van der Waals surface area contributed by atoms with E-state index in [9.17, 15) is 37.1 Å². The van der Waals surface area contributed by atoms with Gasteiger partial charge in [0, 0.05) is 6.54 Å². The first-order chi connectivity index (χ1) is 19.5. The third kappa shape index (κ3) is 6.39. The molecular formula is C29H43F3N4O6. The summed E-state index contributed by atoms with van der Waals surface area (Å²) in [5, 5.41) is 5.12. The van der Waals surface area contributed by atoms with E-state index in [1.165, 1.54) is 4.90 Å². The van der Waals surface area contributed by atoms with Crippen molar-refractivity contribution in [2.24, 2.45) is 34.8 Å². The van der Waals surface area contributed by atoms with E-state index in [4.69, 9.17) is 10.5 Å². The zero-order valence-electron chi connectivity index (χ0n) is 24.7. The second-order valence-electron chi connectivity index (χ2n) is 13.6. The predicted octanol–water partition coefficient (Wildman–Crippen LogP) is 3.21. The van der Waals surface area contributed by atoms with Gasteiger partial charge in [-0.05, 0) is 62.2 Å². The Labute approximate surface area is 244 Å². The van der Waals surface area contributed by atoms with Gasteiger partial charge in [0.1, 0.15) is 12.1 Å². The van der Waals surface area contributed by atoms with Crippen LogP contribution in [0.3, 0.4) is 0 Å². The molecule has 236 valence electrons. The Bertz CT molecular complexity index is 1100. The van der Waals surface area contributed by atoms with E-state index < -0.39 is 59.5 Å². The number of likely N-dealkylation sites (tertiary alicyclic amines) is 1. The number of alkyl halides is 3. The number of piperidine rings is 1. The van der Waals surface area contributed by atoms with Crippen LogP contribution >= 0.6 is 0 Å². The monoisotopic (exact) mass is 600 g/mol. The number of ketones is 1. The first-order valence-electron chi connectivity index (χ1n) is 15.0. The number of alkyl carbamates (subject to hydrolysis) is 1. The van der Waals surface area contributed by atoms with Crippen LogP contribution in [-0.4, -0.2) is 70.9 Å². The average molecular weight is 601 g/mol. The third-order valence-corrected chi connectivity index (χ3v) is 10.1. The van der Waals surface area contributed by atoms with Gasteiger partial charge in [-0.3, -0.25) is 19.2 Å². The zero-order chi connectivity index (χ0) is 31.2. The Hall–Kier alpha value is -2.86. The lowest BCUT2D eigenvalue weighted by atomic mass is 9.80. The van der Waals surface area contributed by atoms with E-state index in [0.717, 1.165) is 52.4 Å². The summed E-state index contributed by atoms with van der Waals surface area (Å²) in [7, 11) is 0. The molecule has 0 aromatic heterocycles. The van der Waals surface area contributed by atoms with E-state index in [1.54, 1.807) is 0 Å². The summed E-state index contributed by atoms with van der Waals surface area (Å²) in [6, 6.07) is -3.27. The van der Waals surface area contributed by atoms with E-state index >= 15 is 0 Å². The lowest BCUT2D eigenvalue weighted by Crippen LogP contribution is -2.60. The maximum atomic E-state index is 14.1. The highest BCUT2D eigenvalue weighted by Gasteiger charge is 2.70. The molecule has 4 amide bonds. The van der Waals surface area contributed by atoms with E-state index in [1.807, 2.05) is 13.8 Å². The molecule has 0 radical (unpaired) electrons. The Kier molecular flexibility index (Phi) is 8.91. The van der Waals surface area contributed by atoms with E-state index in [2.05, 4.69) is 10.6 Å². The number of carbonyl (C=O) groups is 5. The molecule has 10 nitrogen and oxygen atoms in total. The molecule has 4 fully saturated rings. The fourth-order valence-electron chi connectivity index (χ4n) is 7.01. The van der Waals surface area contributed by atoms with Crippen LogP contribution in [0.4, 0.5) is 18.0 Å². The van der Waals surface area contributed by atoms with Gasteiger partial charge in [0.05, 0.1) is 6.04 Å². The highest BCUT2D eigenvalue weighted by Crippen LogP contribution is 2.65. The van der Waals surface area contributed by atoms with Gasteiger partial charge < -0.3 is 26.0 Å². The molecule has 4 N–H and O–H groups in total. The number of ether oxygens (including phenoxy) is 1. The lowest BCUT2D eigenvalue weighted by Gasteiger charge is -2.37.